The molecular formula is C16H21N3OS. The van der Waals surface area contributed by atoms with Crippen molar-refractivity contribution in [2.45, 2.75) is 26.9 Å². The molecule has 2 aromatic rings. The lowest BCUT2D eigenvalue weighted by atomic mass is 10.1. The molecule has 0 fully saturated rings. The normalized spacial score (nSPS) is 10.8. The van der Waals surface area contributed by atoms with Crippen LogP contribution in [0.1, 0.15) is 35.5 Å². The van der Waals surface area contributed by atoms with E-state index < -0.39 is 0 Å². The fraction of sp³-hybridized carbons (Fsp3) is 0.375. The largest absolute Gasteiger partial charge is 0.347 e. The first-order valence-electron chi connectivity index (χ1n) is 7.19. The number of rotatable bonds is 7. The zero-order chi connectivity index (χ0) is 15.1. The number of nitrogens with zero attached hydrogens (tertiary/aromatic N) is 2. The molecular weight excluding hydrogens is 282 g/mol. The van der Waals surface area contributed by atoms with Gasteiger partial charge in [-0.05, 0) is 24.2 Å². The summed E-state index contributed by atoms with van der Waals surface area (Å²) in [5, 5.41) is 4.63. The van der Waals surface area contributed by atoms with Gasteiger partial charge in [0, 0.05) is 18.5 Å². The monoisotopic (exact) mass is 303 g/mol. The van der Waals surface area contributed by atoms with Crippen LogP contribution in [0, 0.1) is 0 Å². The third-order valence-corrected chi connectivity index (χ3v) is 4.03. The SMILES string of the molecule is CCN(CC)Cc1ccc(CNC(=O)c2cscn2)cc1. The average Bonchev–Trinajstić information content (AvgIpc) is 3.06. The Morgan fingerprint density at radius 2 is 1.86 bits per heavy atom. The van der Waals surface area contributed by atoms with Crippen LogP contribution in [0.25, 0.3) is 0 Å². The molecule has 1 amide bonds. The minimum Gasteiger partial charge on any atom is -0.347 e. The minimum absolute atomic E-state index is 0.122. The van der Waals surface area contributed by atoms with E-state index in [1.165, 1.54) is 16.9 Å². The van der Waals surface area contributed by atoms with Crippen molar-refractivity contribution in [3.8, 4) is 0 Å². The lowest BCUT2D eigenvalue weighted by Gasteiger charge is -2.18. The lowest BCUT2D eigenvalue weighted by Crippen LogP contribution is -2.23. The Labute approximate surface area is 129 Å². The Hall–Kier alpha value is -1.72. The smallest absolute Gasteiger partial charge is 0.271 e. The number of hydrogen-bond acceptors (Lipinski definition) is 4. The Bertz CT molecular complexity index is 547. The number of nitrogens with one attached hydrogen (secondary N) is 1. The second kappa shape index (κ2) is 7.90. The Morgan fingerprint density at radius 3 is 2.43 bits per heavy atom. The molecule has 0 radical (unpaired) electrons. The van der Waals surface area contributed by atoms with Gasteiger partial charge in [0.25, 0.3) is 5.91 Å². The molecule has 0 spiro atoms. The summed E-state index contributed by atoms with van der Waals surface area (Å²) >= 11 is 1.42. The molecule has 1 aromatic heterocycles. The summed E-state index contributed by atoms with van der Waals surface area (Å²) in [6.07, 6.45) is 0. The molecule has 1 aromatic carbocycles. The molecule has 21 heavy (non-hydrogen) atoms. The van der Waals surface area contributed by atoms with Gasteiger partial charge in [0.05, 0.1) is 5.51 Å². The summed E-state index contributed by atoms with van der Waals surface area (Å²) in [7, 11) is 0. The van der Waals surface area contributed by atoms with Gasteiger partial charge in [-0.2, -0.15) is 0 Å². The van der Waals surface area contributed by atoms with Crippen molar-refractivity contribution in [3.05, 3.63) is 52.0 Å². The first-order valence-corrected chi connectivity index (χ1v) is 8.13. The van der Waals surface area contributed by atoms with Gasteiger partial charge < -0.3 is 5.32 Å². The maximum atomic E-state index is 11.8. The van der Waals surface area contributed by atoms with Crippen LogP contribution >= 0.6 is 11.3 Å². The van der Waals surface area contributed by atoms with Gasteiger partial charge >= 0.3 is 0 Å². The maximum absolute atomic E-state index is 11.8. The molecule has 4 nitrogen and oxygen atoms in total. The molecule has 0 aliphatic rings. The van der Waals surface area contributed by atoms with Gasteiger partial charge in [0.15, 0.2) is 0 Å². The first-order chi connectivity index (χ1) is 10.2. The first kappa shape index (κ1) is 15.7. The van der Waals surface area contributed by atoms with E-state index in [1.807, 2.05) is 0 Å². The van der Waals surface area contributed by atoms with Crippen molar-refractivity contribution < 1.29 is 4.79 Å². The van der Waals surface area contributed by atoms with E-state index in [0.717, 1.165) is 25.2 Å². The summed E-state index contributed by atoms with van der Waals surface area (Å²) < 4.78 is 0. The van der Waals surface area contributed by atoms with Crippen molar-refractivity contribution >= 4 is 17.2 Å². The minimum atomic E-state index is -0.122. The van der Waals surface area contributed by atoms with E-state index in [-0.39, 0.29) is 5.91 Å². The average molecular weight is 303 g/mol. The van der Waals surface area contributed by atoms with Gasteiger partial charge in [0.2, 0.25) is 0 Å². The van der Waals surface area contributed by atoms with E-state index >= 15 is 0 Å². The van der Waals surface area contributed by atoms with E-state index in [9.17, 15) is 4.79 Å². The second-order valence-electron chi connectivity index (χ2n) is 4.83. The van der Waals surface area contributed by atoms with Crippen molar-refractivity contribution in [1.29, 1.82) is 0 Å². The molecule has 0 aliphatic carbocycles. The van der Waals surface area contributed by atoms with Crippen LogP contribution in [0.4, 0.5) is 0 Å². The fourth-order valence-electron chi connectivity index (χ4n) is 2.07. The summed E-state index contributed by atoms with van der Waals surface area (Å²) in [4.78, 5) is 18.2. The summed E-state index contributed by atoms with van der Waals surface area (Å²) in [5.74, 6) is -0.122. The quantitative estimate of drug-likeness (QED) is 0.855. The number of amides is 1. The number of aromatic nitrogens is 1. The highest BCUT2D eigenvalue weighted by Crippen LogP contribution is 2.08. The van der Waals surface area contributed by atoms with Gasteiger partial charge in [-0.15, -0.1) is 11.3 Å². The van der Waals surface area contributed by atoms with E-state index in [4.69, 9.17) is 0 Å². The van der Waals surface area contributed by atoms with E-state index in [2.05, 4.69) is 53.3 Å². The molecule has 0 unspecified atom stereocenters. The second-order valence-corrected chi connectivity index (χ2v) is 5.55. The van der Waals surface area contributed by atoms with Crippen LogP contribution in [0.5, 0.6) is 0 Å². The zero-order valence-electron chi connectivity index (χ0n) is 12.5. The summed E-state index contributed by atoms with van der Waals surface area (Å²) in [5.41, 5.74) is 4.55. The third kappa shape index (κ3) is 4.65. The van der Waals surface area contributed by atoms with E-state index in [1.54, 1.807) is 10.9 Å². The van der Waals surface area contributed by atoms with Crippen LogP contribution < -0.4 is 5.32 Å². The third-order valence-electron chi connectivity index (χ3n) is 3.44. The standard InChI is InChI=1S/C16H21N3OS/c1-3-19(4-2)10-14-7-5-13(6-8-14)9-17-16(20)15-11-21-12-18-15/h5-8,11-12H,3-4,9-10H2,1-2H3,(H,17,20). The molecule has 112 valence electrons. The highest BCUT2D eigenvalue weighted by atomic mass is 32.1. The molecule has 5 heteroatoms. The molecule has 0 saturated heterocycles. The molecule has 1 N–H and O–H groups in total. The Morgan fingerprint density at radius 1 is 1.19 bits per heavy atom. The Balaban J connectivity index is 1.86. The number of carbonyl (C=O) groups excluding carboxylic acids is 1. The van der Waals surface area contributed by atoms with Crippen LogP contribution in [0.15, 0.2) is 35.2 Å². The topological polar surface area (TPSA) is 45.2 Å². The predicted octanol–water partition coefficient (Wildman–Crippen LogP) is 2.91. The Kier molecular flexibility index (Phi) is 5.90. The lowest BCUT2D eigenvalue weighted by molar-refractivity contribution is 0.0946. The number of thiazole rings is 1. The van der Waals surface area contributed by atoms with Gasteiger partial charge in [-0.1, -0.05) is 38.1 Å². The summed E-state index contributed by atoms with van der Waals surface area (Å²) in [6.45, 7) is 7.96. The molecule has 0 atom stereocenters. The molecule has 0 aliphatic heterocycles. The van der Waals surface area contributed by atoms with E-state index in [0.29, 0.717) is 12.2 Å². The van der Waals surface area contributed by atoms with Crippen LogP contribution in [0.2, 0.25) is 0 Å². The van der Waals surface area contributed by atoms with Crippen LogP contribution in [0.3, 0.4) is 0 Å². The molecule has 0 bridgehead atoms. The molecule has 1 heterocycles. The molecule has 0 saturated carbocycles. The van der Waals surface area contributed by atoms with Crippen LogP contribution in [-0.4, -0.2) is 28.9 Å². The number of benzene rings is 1. The predicted molar refractivity (Wildman–Crippen MR) is 86.4 cm³/mol. The van der Waals surface area contributed by atoms with Gasteiger partial charge in [-0.3, -0.25) is 9.69 Å². The van der Waals surface area contributed by atoms with Gasteiger partial charge in [-0.25, -0.2) is 4.98 Å². The number of carbonyl (C=O) groups is 1. The van der Waals surface area contributed by atoms with Crippen molar-refractivity contribution in [1.82, 2.24) is 15.2 Å². The fourth-order valence-corrected chi connectivity index (χ4v) is 2.60. The van der Waals surface area contributed by atoms with Crippen molar-refractivity contribution in [3.63, 3.8) is 0 Å². The van der Waals surface area contributed by atoms with Crippen molar-refractivity contribution in [2.75, 3.05) is 13.1 Å². The van der Waals surface area contributed by atoms with Crippen molar-refractivity contribution in [2.24, 2.45) is 0 Å². The van der Waals surface area contributed by atoms with Crippen LogP contribution in [-0.2, 0) is 13.1 Å². The zero-order valence-corrected chi connectivity index (χ0v) is 13.3. The number of hydrogen-bond donors (Lipinski definition) is 1. The highest BCUT2D eigenvalue weighted by molar-refractivity contribution is 7.07. The summed E-state index contributed by atoms with van der Waals surface area (Å²) in [6, 6.07) is 8.39. The molecule has 2 rings (SSSR count). The maximum Gasteiger partial charge on any atom is 0.271 e. The van der Waals surface area contributed by atoms with Gasteiger partial charge in [0.1, 0.15) is 5.69 Å². The highest BCUT2D eigenvalue weighted by Gasteiger charge is 2.07.